The van der Waals surface area contributed by atoms with Gasteiger partial charge in [-0.25, -0.2) is 0 Å². The molecule has 1 aromatic carbocycles. The number of rotatable bonds is 7. The number of carbonyl (C=O) groups excluding carboxylic acids is 2. The maximum atomic E-state index is 12.7. The molecule has 0 bridgehead atoms. The molecule has 2 aliphatic rings. The lowest BCUT2D eigenvalue weighted by molar-refractivity contribution is -0.138. The van der Waals surface area contributed by atoms with Gasteiger partial charge < -0.3 is 20.4 Å². The number of aliphatic imine (C=N–C) groups is 1. The quantitative estimate of drug-likeness (QED) is 0.408. The molecule has 1 heterocycles. The fourth-order valence-electron chi connectivity index (χ4n) is 4.64. The summed E-state index contributed by atoms with van der Waals surface area (Å²) < 4.78 is 0. The summed E-state index contributed by atoms with van der Waals surface area (Å²) in [4.78, 5) is 33.2. The number of hydrogen-bond acceptors (Lipinski definition) is 3. The molecule has 1 saturated carbocycles. The first-order valence-electron chi connectivity index (χ1n) is 11.0. The van der Waals surface area contributed by atoms with Crippen molar-refractivity contribution in [3.05, 3.63) is 29.8 Å². The zero-order chi connectivity index (χ0) is 21.6. The van der Waals surface area contributed by atoms with Crippen LogP contribution in [0.2, 0.25) is 0 Å². The van der Waals surface area contributed by atoms with E-state index in [1.165, 1.54) is 5.56 Å². The summed E-state index contributed by atoms with van der Waals surface area (Å²) in [7, 11) is 5.38. The fourth-order valence-corrected chi connectivity index (χ4v) is 4.64. The van der Waals surface area contributed by atoms with Crippen LogP contribution in [0.1, 0.15) is 44.1 Å². The van der Waals surface area contributed by atoms with Crippen molar-refractivity contribution in [3.8, 4) is 0 Å². The van der Waals surface area contributed by atoms with Gasteiger partial charge in [0.25, 0.3) is 0 Å². The normalized spacial score (nSPS) is 17.6. The Balaban J connectivity index is 1.43. The minimum atomic E-state index is -0.333. The number of hydrogen-bond donors (Lipinski definition) is 2. The zero-order valence-electron chi connectivity index (χ0n) is 18.5. The minimum absolute atomic E-state index is 0.172. The van der Waals surface area contributed by atoms with Crippen molar-refractivity contribution >= 4 is 23.5 Å². The molecule has 7 heteroatoms. The molecule has 0 spiro atoms. The molecule has 0 aromatic heterocycles. The summed E-state index contributed by atoms with van der Waals surface area (Å²) >= 11 is 0. The van der Waals surface area contributed by atoms with E-state index in [2.05, 4.69) is 21.7 Å². The van der Waals surface area contributed by atoms with E-state index in [0.717, 1.165) is 50.8 Å². The Morgan fingerprint density at radius 2 is 1.90 bits per heavy atom. The van der Waals surface area contributed by atoms with E-state index < -0.39 is 0 Å². The van der Waals surface area contributed by atoms with Gasteiger partial charge >= 0.3 is 0 Å². The molecule has 0 saturated heterocycles. The second kappa shape index (κ2) is 9.96. The van der Waals surface area contributed by atoms with Crippen molar-refractivity contribution in [2.75, 3.05) is 45.7 Å². The lowest BCUT2D eigenvalue weighted by Crippen LogP contribution is -2.49. The van der Waals surface area contributed by atoms with Crippen LogP contribution in [0.3, 0.4) is 0 Å². The molecule has 164 valence electrons. The summed E-state index contributed by atoms with van der Waals surface area (Å²) in [5, 5.41) is 6.63. The Labute approximate surface area is 179 Å². The third-order valence-electron chi connectivity index (χ3n) is 6.29. The summed E-state index contributed by atoms with van der Waals surface area (Å²) in [6.07, 6.45) is 6.19. The molecule has 0 atom stereocenters. The van der Waals surface area contributed by atoms with Crippen molar-refractivity contribution in [1.82, 2.24) is 15.5 Å². The number of para-hydroxylation sites is 1. The van der Waals surface area contributed by atoms with Gasteiger partial charge in [-0.3, -0.25) is 14.6 Å². The highest BCUT2D eigenvalue weighted by Gasteiger charge is 2.42. The molecule has 1 aliphatic carbocycles. The van der Waals surface area contributed by atoms with Crippen LogP contribution in [0.5, 0.6) is 0 Å². The lowest BCUT2D eigenvalue weighted by atomic mass is 9.84. The fraction of sp³-hybridized carbons (Fsp3) is 0.609. The number of benzene rings is 1. The predicted molar refractivity (Wildman–Crippen MR) is 121 cm³/mol. The van der Waals surface area contributed by atoms with Crippen molar-refractivity contribution in [3.63, 3.8) is 0 Å². The van der Waals surface area contributed by atoms with E-state index in [9.17, 15) is 9.59 Å². The molecule has 30 heavy (non-hydrogen) atoms. The van der Waals surface area contributed by atoms with Gasteiger partial charge in [0.1, 0.15) is 0 Å². The van der Waals surface area contributed by atoms with Crippen LogP contribution in [0.4, 0.5) is 5.69 Å². The monoisotopic (exact) mass is 413 g/mol. The number of nitrogens with zero attached hydrogens (tertiary/aromatic N) is 3. The maximum absolute atomic E-state index is 12.7. The van der Waals surface area contributed by atoms with E-state index in [1.807, 2.05) is 37.2 Å². The average molecular weight is 414 g/mol. The Morgan fingerprint density at radius 1 is 1.17 bits per heavy atom. The van der Waals surface area contributed by atoms with Gasteiger partial charge in [-0.15, -0.1) is 0 Å². The molecule has 1 aromatic rings. The molecule has 3 rings (SSSR count). The first-order valence-corrected chi connectivity index (χ1v) is 11.0. The second-order valence-electron chi connectivity index (χ2n) is 8.57. The highest BCUT2D eigenvalue weighted by Crippen LogP contribution is 2.38. The zero-order valence-corrected chi connectivity index (χ0v) is 18.5. The molecule has 1 aliphatic heterocycles. The number of carbonyl (C=O) groups is 2. The van der Waals surface area contributed by atoms with Gasteiger partial charge in [0, 0.05) is 52.9 Å². The molecule has 0 unspecified atom stereocenters. The van der Waals surface area contributed by atoms with Crippen LogP contribution < -0.4 is 15.5 Å². The number of guanidine groups is 1. The molecular formula is C23H35N5O2. The number of amides is 2. The number of nitrogens with one attached hydrogen (secondary N) is 2. The van der Waals surface area contributed by atoms with E-state index in [-0.39, 0.29) is 17.2 Å². The molecule has 1 fully saturated rings. The van der Waals surface area contributed by atoms with E-state index >= 15 is 0 Å². The topological polar surface area (TPSA) is 77.0 Å². The lowest BCUT2D eigenvalue weighted by Gasteiger charge is -2.31. The first kappa shape index (κ1) is 22.1. The van der Waals surface area contributed by atoms with Crippen molar-refractivity contribution in [2.24, 2.45) is 10.4 Å². The third kappa shape index (κ3) is 4.94. The standard InChI is InChI=1S/C23H35N5O2/c1-24-22(26-17-23(13-6-7-14-23)21(30)27(2)3)25-15-8-11-20(29)28-16-12-18-9-4-5-10-19(18)28/h4-5,9-10H,6-8,11-17H2,1-3H3,(H2,24,25,26). The van der Waals surface area contributed by atoms with Gasteiger partial charge in [0.2, 0.25) is 11.8 Å². The van der Waals surface area contributed by atoms with Crippen LogP contribution in [0.15, 0.2) is 29.3 Å². The Bertz CT molecular complexity index is 784. The predicted octanol–water partition coefficient (Wildman–Crippen LogP) is 2.17. The number of fused-ring (bicyclic) bond motifs is 1. The smallest absolute Gasteiger partial charge is 0.230 e. The molecule has 0 radical (unpaired) electrons. The first-order chi connectivity index (χ1) is 14.5. The van der Waals surface area contributed by atoms with E-state index in [0.29, 0.717) is 25.5 Å². The Kier molecular flexibility index (Phi) is 7.34. The van der Waals surface area contributed by atoms with Crippen molar-refractivity contribution in [2.45, 2.75) is 44.9 Å². The van der Waals surface area contributed by atoms with Crippen LogP contribution in [0, 0.1) is 5.41 Å². The molecular weight excluding hydrogens is 378 g/mol. The van der Waals surface area contributed by atoms with Crippen LogP contribution in [0.25, 0.3) is 0 Å². The summed E-state index contributed by atoms with van der Waals surface area (Å²) in [5.41, 5.74) is 1.97. The Hall–Kier alpha value is -2.57. The van der Waals surface area contributed by atoms with Gasteiger partial charge in [-0.05, 0) is 37.3 Å². The number of anilines is 1. The summed E-state index contributed by atoms with van der Waals surface area (Å²) in [5.74, 6) is 1.05. The van der Waals surface area contributed by atoms with Crippen molar-refractivity contribution in [1.29, 1.82) is 0 Å². The van der Waals surface area contributed by atoms with Crippen LogP contribution >= 0.6 is 0 Å². The van der Waals surface area contributed by atoms with Gasteiger partial charge in [-0.1, -0.05) is 31.0 Å². The molecule has 7 nitrogen and oxygen atoms in total. The largest absolute Gasteiger partial charge is 0.356 e. The maximum Gasteiger partial charge on any atom is 0.230 e. The van der Waals surface area contributed by atoms with Crippen LogP contribution in [-0.4, -0.2) is 63.5 Å². The van der Waals surface area contributed by atoms with E-state index in [1.54, 1.807) is 11.9 Å². The van der Waals surface area contributed by atoms with Gasteiger partial charge in [0.15, 0.2) is 5.96 Å². The van der Waals surface area contributed by atoms with E-state index in [4.69, 9.17) is 0 Å². The van der Waals surface area contributed by atoms with Gasteiger partial charge in [-0.2, -0.15) is 0 Å². The minimum Gasteiger partial charge on any atom is -0.356 e. The molecule has 2 amide bonds. The Morgan fingerprint density at radius 3 is 2.60 bits per heavy atom. The van der Waals surface area contributed by atoms with Crippen LogP contribution in [-0.2, 0) is 16.0 Å². The SMILES string of the molecule is CN=C(NCCCC(=O)N1CCc2ccccc21)NCC1(C(=O)N(C)C)CCCC1. The third-order valence-corrected chi connectivity index (χ3v) is 6.29. The summed E-state index contributed by atoms with van der Waals surface area (Å²) in [6, 6.07) is 8.13. The second-order valence-corrected chi connectivity index (χ2v) is 8.57. The molecule has 2 N–H and O–H groups in total. The van der Waals surface area contributed by atoms with Crippen molar-refractivity contribution < 1.29 is 9.59 Å². The highest BCUT2D eigenvalue weighted by atomic mass is 16.2. The highest BCUT2D eigenvalue weighted by molar-refractivity contribution is 5.95. The summed E-state index contributed by atoms with van der Waals surface area (Å²) in [6.45, 7) is 2.03. The average Bonchev–Trinajstić information content (AvgIpc) is 3.40. The van der Waals surface area contributed by atoms with Gasteiger partial charge in [0.05, 0.1) is 5.41 Å².